The Morgan fingerprint density at radius 1 is 1.24 bits per heavy atom. The molecule has 0 saturated heterocycles. The first-order chi connectivity index (χ1) is 10.0. The molecule has 1 N–H and O–H groups in total. The Balaban J connectivity index is 2.31. The Labute approximate surface area is 120 Å². The number of nitro benzene ring substituents is 1. The number of nitrogens with one attached hydrogen (secondary N) is 1. The van der Waals surface area contributed by atoms with Gasteiger partial charge >= 0.3 is 0 Å². The van der Waals surface area contributed by atoms with E-state index in [2.05, 4.69) is 5.32 Å². The van der Waals surface area contributed by atoms with Gasteiger partial charge in [-0.15, -0.1) is 0 Å². The predicted molar refractivity (Wildman–Crippen MR) is 76.1 cm³/mol. The maximum absolute atomic E-state index is 13.8. The van der Waals surface area contributed by atoms with E-state index in [1.54, 1.807) is 18.2 Å². The second-order valence-corrected chi connectivity index (χ2v) is 4.58. The minimum Gasteiger partial charge on any atom is -0.378 e. The molecule has 2 aromatic rings. The summed E-state index contributed by atoms with van der Waals surface area (Å²) in [6.07, 6.45) is 0.547. The molecule has 6 heteroatoms. The number of benzene rings is 2. The Bertz CT molecular complexity index is 662. The summed E-state index contributed by atoms with van der Waals surface area (Å²) in [5, 5.41) is 13.7. The first-order valence-corrected chi connectivity index (χ1v) is 6.47. The normalized spacial score (nSPS) is 12.0. The lowest BCUT2D eigenvalue weighted by atomic mass is 10.0. The van der Waals surface area contributed by atoms with Crippen molar-refractivity contribution in [3.8, 4) is 0 Å². The van der Waals surface area contributed by atoms with Gasteiger partial charge in [0.05, 0.1) is 17.0 Å². The van der Waals surface area contributed by atoms with Crippen LogP contribution < -0.4 is 5.32 Å². The highest BCUT2D eigenvalue weighted by atomic mass is 19.1. The summed E-state index contributed by atoms with van der Waals surface area (Å²) in [7, 11) is 0. The molecule has 0 radical (unpaired) electrons. The van der Waals surface area contributed by atoms with Gasteiger partial charge in [0.15, 0.2) is 0 Å². The van der Waals surface area contributed by atoms with Gasteiger partial charge in [-0.2, -0.15) is 0 Å². The Morgan fingerprint density at radius 2 is 1.95 bits per heavy atom. The Morgan fingerprint density at radius 3 is 2.57 bits per heavy atom. The van der Waals surface area contributed by atoms with Crippen LogP contribution in [0.1, 0.15) is 24.9 Å². The van der Waals surface area contributed by atoms with Crippen LogP contribution in [0.5, 0.6) is 0 Å². The number of hydrogen-bond donors (Lipinski definition) is 1. The van der Waals surface area contributed by atoms with Gasteiger partial charge in [-0.05, 0) is 18.6 Å². The predicted octanol–water partition coefficient (Wildman–Crippen LogP) is 4.44. The van der Waals surface area contributed by atoms with Crippen LogP contribution >= 0.6 is 0 Å². The van der Waals surface area contributed by atoms with Gasteiger partial charge in [-0.25, -0.2) is 8.78 Å². The summed E-state index contributed by atoms with van der Waals surface area (Å²) in [4.78, 5) is 10.1. The molecular formula is C15H14F2N2O2. The topological polar surface area (TPSA) is 55.2 Å². The lowest BCUT2D eigenvalue weighted by Gasteiger charge is -2.19. The zero-order valence-electron chi connectivity index (χ0n) is 11.3. The molecule has 0 aromatic heterocycles. The van der Waals surface area contributed by atoms with E-state index in [4.69, 9.17) is 0 Å². The molecule has 21 heavy (non-hydrogen) atoms. The van der Waals surface area contributed by atoms with Crippen LogP contribution in [0.2, 0.25) is 0 Å². The van der Waals surface area contributed by atoms with E-state index in [0.717, 1.165) is 12.1 Å². The van der Waals surface area contributed by atoms with Crippen molar-refractivity contribution in [2.75, 3.05) is 5.32 Å². The summed E-state index contributed by atoms with van der Waals surface area (Å²) in [6, 6.07) is 9.08. The smallest absolute Gasteiger partial charge is 0.274 e. The van der Waals surface area contributed by atoms with Gasteiger partial charge < -0.3 is 5.32 Å². The Hall–Kier alpha value is -2.50. The van der Waals surface area contributed by atoms with Gasteiger partial charge in [-0.3, -0.25) is 10.1 Å². The summed E-state index contributed by atoms with van der Waals surface area (Å²) in [5.41, 5.74) is 0.338. The fraction of sp³-hybridized carbons (Fsp3) is 0.200. The molecule has 0 bridgehead atoms. The van der Waals surface area contributed by atoms with Crippen LogP contribution in [0.25, 0.3) is 0 Å². The van der Waals surface area contributed by atoms with Crippen LogP contribution in [0.4, 0.5) is 20.2 Å². The maximum atomic E-state index is 13.8. The minimum absolute atomic E-state index is 0.247. The SMILES string of the molecule is CCC(Nc1cc(F)cc([N+](=O)[O-])c1)c1ccccc1F. The van der Waals surface area contributed by atoms with E-state index < -0.39 is 16.8 Å². The highest BCUT2D eigenvalue weighted by Gasteiger charge is 2.16. The molecule has 2 rings (SSSR count). The van der Waals surface area contributed by atoms with Gasteiger partial charge in [0.25, 0.3) is 5.69 Å². The lowest BCUT2D eigenvalue weighted by Crippen LogP contribution is -2.11. The molecule has 2 aromatic carbocycles. The number of anilines is 1. The maximum Gasteiger partial charge on any atom is 0.274 e. The highest BCUT2D eigenvalue weighted by Crippen LogP contribution is 2.27. The van der Waals surface area contributed by atoms with Crippen LogP contribution in [0.3, 0.4) is 0 Å². The van der Waals surface area contributed by atoms with Gasteiger partial charge in [-0.1, -0.05) is 25.1 Å². The van der Waals surface area contributed by atoms with Gasteiger partial charge in [0.1, 0.15) is 11.6 Å². The van der Waals surface area contributed by atoms with E-state index in [9.17, 15) is 18.9 Å². The number of halogens is 2. The van der Waals surface area contributed by atoms with Gasteiger partial charge in [0, 0.05) is 17.3 Å². The molecule has 0 aliphatic carbocycles. The third kappa shape index (κ3) is 3.53. The van der Waals surface area contributed by atoms with E-state index in [1.807, 2.05) is 6.92 Å². The van der Waals surface area contributed by atoms with Crippen molar-refractivity contribution in [3.05, 3.63) is 69.8 Å². The molecule has 0 aliphatic rings. The molecule has 0 aliphatic heterocycles. The minimum atomic E-state index is -0.713. The molecule has 0 spiro atoms. The summed E-state index contributed by atoms with van der Waals surface area (Å²) < 4.78 is 27.2. The molecule has 110 valence electrons. The molecular weight excluding hydrogens is 278 g/mol. The number of nitrogens with zero attached hydrogens (tertiary/aromatic N) is 1. The van der Waals surface area contributed by atoms with Crippen LogP contribution in [0.15, 0.2) is 42.5 Å². The summed E-state index contributed by atoms with van der Waals surface area (Å²) in [5.74, 6) is -1.09. The number of rotatable bonds is 5. The van der Waals surface area contributed by atoms with E-state index in [0.29, 0.717) is 12.0 Å². The van der Waals surface area contributed by atoms with Crippen LogP contribution in [-0.4, -0.2) is 4.92 Å². The van der Waals surface area contributed by atoms with Crippen molar-refractivity contribution in [2.45, 2.75) is 19.4 Å². The third-order valence-corrected chi connectivity index (χ3v) is 3.12. The van der Waals surface area contributed by atoms with E-state index >= 15 is 0 Å². The number of non-ortho nitro benzene ring substituents is 1. The average Bonchev–Trinajstić information content (AvgIpc) is 2.45. The second-order valence-electron chi connectivity index (χ2n) is 4.58. The van der Waals surface area contributed by atoms with Crippen LogP contribution in [0, 0.1) is 21.7 Å². The van der Waals surface area contributed by atoms with E-state index in [1.165, 1.54) is 12.1 Å². The average molecular weight is 292 g/mol. The van der Waals surface area contributed by atoms with Crippen molar-refractivity contribution in [2.24, 2.45) is 0 Å². The molecule has 0 heterocycles. The van der Waals surface area contributed by atoms with Crippen molar-refractivity contribution in [1.82, 2.24) is 0 Å². The molecule has 4 nitrogen and oxygen atoms in total. The van der Waals surface area contributed by atoms with Crippen molar-refractivity contribution in [1.29, 1.82) is 0 Å². The summed E-state index contributed by atoms with van der Waals surface area (Å²) in [6.45, 7) is 1.85. The highest BCUT2D eigenvalue weighted by molar-refractivity contribution is 5.53. The zero-order chi connectivity index (χ0) is 15.4. The lowest BCUT2D eigenvalue weighted by molar-refractivity contribution is -0.385. The van der Waals surface area contributed by atoms with Crippen molar-refractivity contribution < 1.29 is 13.7 Å². The fourth-order valence-corrected chi connectivity index (χ4v) is 2.12. The number of hydrogen-bond acceptors (Lipinski definition) is 3. The largest absolute Gasteiger partial charge is 0.378 e. The van der Waals surface area contributed by atoms with Crippen LogP contribution in [-0.2, 0) is 0 Å². The molecule has 0 amide bonds. The van der Waals surface area contributed by atoms with Gasteiger partial charge in [0.2, 0.25) is 0 Å². The fourth-order valence-electron chi connectivity index (χ4n) is 2.12. The quantitative estimate of drug-likeness (QED) is 0.655. The van der Waals surface area contributed by atoms with Crippen molar-refractivity contribution in [3.63, 3.8) is 0 Å². The number of nitro groups is 1. The summed E-state index contributed by atoms with van der Waals surface area (Å²) >= 11 is 0. The second kappa shape index (κ2) is 6.30. The molecule has 0 fully saturated rings. The first kappa shape index (κ1) is 14.9. The zero-order valence-corrected chi connectivity index (χ0v) is 11.3. The first-order valence-electron chi connectivity index (χ1n) is 6.47. The monoisotopic (exact) mass is 292 g/mol. The standard InChI is InChI=1S/C15H14F2N2O2/c1-2-15(13-5-3-4-6-14(13)17)18-11-7-10(16)8-12(9-11)19(20)21/h3-9,15,18H,2H2,1H3. The van der Waals surface area contributed by atoms with Crippen molar-refractivity contribution >= 4 is 11.4 Å². The molecule has 1 unspecified atom stereocenters. The van der Waals surface area contributed by atoms with E-state index in [-0.39, 0.29) is 17.2 Å². The molecule has 1 atom stereocenters. The third-order valence-electron chi connectivity index (χ3n) is 3.12. The Kier molecular flexibility index (Phi) is 4.47. The molecule has 0 saturated carbocycles.